The van der Waals surface area contributed by atoms with Crippen LogP contribution < -0.4 is 0 Å². The lowest BCUT2D eigenvalue weighted by atomic mass is 10.2. The molecule has 0 saturated heterocycles. The molecule has 0 aliphatic carbocycles. The number of allylic oxidation sites excluding steroid dienone is 4. The van der Waals surface area contributed by atoms with E-state index in [9.17, 15) is 0 Å². The van der Waals surface area contributed by atoms with Crippen molar-refractivity contribution in [3.63, 3.8) is 0 Å². The van der Waals surface area contributed by atoms with Crippen LogP contribution in [0.4, 0.5) is 0 Å². The van der Waals surface area contributed by atoms with Gasteiger partial charge in [-0.25, -0.2) is 0 Å². The minimum Gasteiger partial charge on any atom is -0.103 e. The van der Waals surface area contributed by atoms with Gasteiger partial charge in [-0.2, -0.15) is 0 Å². The summed E-state index contributed by atoms with van der Waals surface area (Å²) in [4.78, 5) is 0. The monoisotopic (exact) mass is 152 g/mol. The average molecular weight is 152 g/mol. The van der Waals surface area contributed by atoms with Crippen LogP contribution >= 0.6 is 0 Å². The SMILES string of the molecule is C=CCC/C=C(/C)C=C.CC. The van der Waals surface area contributed by atoms with Crippen LogP contribution in [0.2, 0.25) is 0 Å². The summed E-state index contributed by atoms with van der Waals surface area (Å²) < 4.78 is 0. The maximum atomic E-state index is 3.65. The third-order valence-corrected chi connectivity index (χ3v) is 1.16. The molecule has 0 saturated carbocycles. The number of hydrogen-bond donors (Lipinski definition) is 0. The zero-order valence-electron chi connectivity index (χ0n) is 8.06. The van der Waals surface area contributed by atoms with E-state index in [0.29, 0.717) is 0 Å². The first-order chi connectivity index (χ1) is 5.31. The van der Waals surface area contributed by atoms with Gasteiger partial charge in [0.1, 0.15) is 0 Å². The fourth-order valence-corrected chi connectivity index (χ4v) is 0.512. The summed E-state index contributed by atoms with van der Waals surface area (Å²) in [6.07, 6.45) is 8.09. The minimum absolute atomic E-state index is 1.06. The Morgan fingerprint density at radius 3 is 2.09 bits per heavy atom. The van der Waals surface area contributed by atoms with Crippen LogP contribution in [0.1, 0.15) is 33.6 Å². The molecular weight excluding hydrogens is 132 g/mol. The van der Waals surface area contributed by atoms with Gasteiger partial charge in [0.25, 0.3) is 0 Å². The second kappa shape index (κ2) is 12.0. The molecule has 11 heavy (non-hydrogen) atoms. The standard InChI is InChI=1S/C9H14.C2H6/c1-4-6-7-8-9(3)5-2;1-2/h4-5,8H,1-2,6-7H2,3H3;1-2H3/b9-8-;. The molecule has 0 unspecified atom stereocenters. The van der Waals surface area contributed by atoms with E-state index in [1.807, 2.05) is 26.0 Å². The Morgan fingerprint density at radius 1 is 1.18 bits per heavy atom. The summed E-state index contributed by atoms with van der Waals surface area (Å²) >= 11 is 0. The van der Waals surface area contributed by atoms with Crippen molar-refractivity contribution < 1.29 is 0 Å². The molecule has 0 rings (SSSR count). The minimum atomic E-state index is 1.06. The van der Waals surface area contributed by atoms with E-state index >= 15 is 0 Å². The molecule has 0 aromatic carbocycles. The number of rotatable bonds is 4. The Bertz CT molecular complexity index is 118. The molecule has 0 heterocycles. The van der Waals surface area contributed by atoms with Gasteiger partial charge < -0.3 is 0 Å². The van der Waals surface area contributed by atoms with Gasteiger partial charge in [-0.3, -0.25) is 0 Å². The average Bonchev–Trinajstić information content (AvgIpc) is 2.08. The molecular formula is C11H20. The summed E-state index contributed by atoms with van der Waals surface area (Å²) in [6, 6.07) is 0. The fraction of sp³-hybridized carbons (Fsp3) is 0.455. The highest BCUT2D eigenvalue weighted by Crippen LogP contribution is 1.98. The van der Waals surface area contributed by atoms with Crippen molar-refractivity contribution in [2.24, 2.45) is 0 Å². The fourth-order valence-electron chi connectivity index (χ4n) is 0.512. The van der Waals surface area contributed by atoms with Crippen LogP contribution in [0.25, 0.3) is 0 Å². The molecule has 0 nitrogen and oxygen atoms in total. The van der Waals surface area contributed by atoms with E-state index in [4.69, 9.17) is 0 Å². The molecule has 0 aromatic rings. The van der Waals surface area contributed by atoms with Gasteiger partial charge in [0, 0.05) is 0 Å². The summed E-state index contributed by atoms with van der Waals surface area (Å²) in [5, 5.41) is 0. The highest BCUT2D eigenvalue weighted by molar-refractivity contribution is 5.12. The normalized spacial score (nSPS) is 9.55. The van der Waals surface area contributed by atoms with Gasteiger partial charge >= 0.3 is 0 Å². The predicted octanol–water partition coefficient (Wildman–Crippen LogP) is 4.11. The Kier molecular flexibility index (Phi) is 14.0. The highest BCUT2D eigenvalue weighted by atomic mass is 13.8. The van der Waals surface area contributed by atoms with Gasteiger partial charge in [0.2, 0.25) is 0 Å². The molecule has 64 valence electrons. The van der Waals surface area contributed by atoms with Crippen LogP contribution in [0.5, 0.6) is 0 Å². The van der Waals surface area contributed by atoms with Crippen LogP contribution in [-0.4, -0.2) is 0 Å². The number of unbranched alkanes of at least 4 members (excludes halogenated alkanes) is 1. The van der Waals surface area contributed by atoms with Crippen molar-refractivity contribution in [3.05, 3.63) is 37.0 Å². The molecule has 0 amide bonds. The van der Waals surface area contributed by atoms with E-state index in [2.05, 4.69) is 26.2 Å². The Balaban J connectivity index is 0. The molecule has 0 fully saturated rings. The maximum Gasteiger partial charge on any atom is -0.0310 e. The Morgan fingerprint density at radius 2 is 1.73 bits per heavy atom. The highest BCUT2D eigenvalue weighted by Gasteiger charge is 1.77. The van der Waals surface area contributed by atoms with Crippen molar-refractivity contribution >= 4 is 0 Å². The Labute approximate surface area is 71.3 Å². The second-order valence-corrected chi connectivity index (χ2v) is 2.02. The first-order valence-corrected chi connectivity index (χ1v) is 4.21. The molecule has 0 N–H and O–H groups in total. The first kappa shape index (κ1) is 12.9. The zero-order chi connectivity index (χ0) is 9.11. The molecule has 0 radical (unpaired) electrons. The van der Waals surface area contributed by atoms with Crippen LogP contribution in [0, 0.1) is 0 Å². The second-order valence-electron chi connectivity index (χ2n) is 2.02. The van der Waals surface area contributed by atoms with Crippen molar-refractivity contribution in [2.75, 3.05) is 0 Å². The topological polar surface area (TPSA) is 0 Å². The van der Waals surface area contributed by atoms with Crippen LogP contribution in [0.3, 0.4) is 0 Å². The Hall–Kier alpha value is -0.780. The van der Waals surface area contributed by atoms with Crippen LogP contribution in [0.15, 0.2) is 37.0 Å². The summed E-state index contributed by atoms with van der Waals surface area (Å²) in [5.41, 5.74) is 1.25. The third kappa shape index (κ3) is 12.4. The molecule has 0 atom stereocenters. The molecule has 0 aromatic heterocycles. The van der Waals surface area contributed by atoms with E-state index in [-0.39, 0.29) is 0 Å². The van der Waals surface area contributed by atoms with Gasteiger partial charge in [-0.15, -0.1) is 6.58 Å². The van der Waals surface area contributed by atoms with E-state index < -0.39 is 0 Å². The predicted molar refractivity (Wildman–Crippen MR) is 54.7 cm³/mol. The summed E-state index contributed by atoms with van der Waals surface area (Å²) in [5.74, 6) is 0. The van der Waals surface area contributed by atoms with Crippen LogP contribution in [-0.2, 0) is 0 Å². The van der Waals surface area contributed by atoms with Crippen molar-refractivity contribution in [1.29, 1.82) is 0 Å². The lowest BCUT2D eigenvalue weighted by Gasteiger charge is -1.88. The number of hydrogen-bond acceptors (Lipinski definition) is 0. The zero-order valence-corrected chi connectivity index (χ0v) is 8.06. The molecule has 0 aliphatic rings. The van der Waals surface area contributed by atoms with Gasteiger partial charge in [0.05, 0.1) is 0 Å². The van der Waals surface area contributed by atoms with Crippen molar-refractivity contribution in [2.45, 2.75) is 33.6 Å². The smallest absolute Gasteiger partial charge is 0.0310 e. The molecule has 0 bridgehead atoms. The van der Waals surface area contributed by atoms with Gasteiger partial charge in [-0.05, 0) is 19.8 Å². The van der Waals surface area contributed by atoms with Crippen molar-refractivity contribution in [1.82, 2.24) is 0 Å². The largest absolute Gasteiger partial charge is 0.103 e. The van der Waals surface area contributed by atoms with E-state index in [0.717, 1.165) is 12.8 Å². The van der Waals surface area contributed by atoms with Gasteiger partial charge in [0.15, 0.2) is 0 Å². The van der Waals surface area contributed by atoms with Gasteiger partial charge in [-0.1, -0.05) is 44.2 Å². The summed E-state index contributed by atoms with van der Waals surface area (Å²) in [7, 11) is 0. The maximum absolute atomic E-state index is 3.65. The van der Waals surface area contributed by atoms with E-state index in [1.165, 1.54) is 5.57 Å². The van der Waals surface area contributed by atoms with E-state index in [1.54, 1.807) is 0 Å². The molecule has 0 aliphatic heterocycles. The quantitative estimate of drug-likeness (QED) is 0.323. The lowest BCUT2D eigenvalue weighted by molar-refractivity contribution is 1.04. The molecule has 0 heteroatoms. The first-order valence-electron chi connectivity index (χ1n) is 4.21. The molecule has 0 spiro atoms. The third-order valence-electron chi connectivity index (χ3n) is 1.16. The lowest BCUT2D eigenvalue weighted by Crippen LogP contribution is -1.67. The van der Waals surface area contributed by atoms with Crippen molar-refractivity contribution in [3.8, 4) is 0 Å². The summed E-state index contributed by atoms with van der Waals surface area (Å²) in [6.45, 7) is 13.3.